The molecule has 1 atom stereocenters. The number of ether oxygens (including phenoxy) is 1. The van der Waals surface area contributed by atoms with E-state index in [1.165, 1.54) is 0 Å². The summed E-state index contributed by atoms with van der Waals surface area (Å²) in [4.78, 5) is 4.56. The van der Waals surface area contributed by atoms with Crippen molar-refractivity contribution < 1.29 is 4.74 Å². The Hall–Kier alpha value is -1.61. The van der Waals surface area contributed by atoms with Crippen LogP contribution < -0.4 is 10.1 Å². The normalized spacial score (nSPS) is 12.6. The SMILES string of the molecule is CCC(C)NCCOc1cccc2ccc(C)nc12. The Morgan fingerprint density at radius 3 is 2.89 bits per heavy atom. The number of nitrogens with one attached hydrogen (secondary N) is 1. The van der Waals surface area contributed by atoms with E-state index in [1.54, 1.807) is 0 Å². The van der Waals surface area contributed by atoms with Gasteiger partial charge in [-0.15, -0.1) is 0 Å². The number of hydrogen-bond acceptors (Lipinski definition) is 3. The summed E-state index contributed by atoms with van der Waals surface area (Å²) in [5.74, 6) is 0.868. The fraction of sp³-hybridized carbons (Fsp3) is 0.438. The van der Waals surface area contributed by atoms with Crippen molar-refractivity contribution in [3.05, 3.63) is 36.0 Å². The standard InChI is InChI=1S/C16H22N2O/c1-4-12(2)17-10-11-19-15-7-5-6-14-9-8-13(3)18-16(14)15/h5-9,12,17H,4,10-11H2,1-3H3. The molecule has 3 heteroatoms. The Kier molecular flexibility index (Phi) is 4.74. The van der Waals surface area contributed by atoms with Gasteiger partial charge in [-0.3, -0.25) is 0 Å². The summed E-state index contributed by atoms with van der Waals surface area (Å²) < 4.78 is 5.84. The average molecular weight is 258 g/mol. The molecule has 0 fully saturated rings. The molecule has 0 spiro atoms. The molecule has 19 heavy (non-hydrogen) atoms. The van der Waals surface area contributed by atoms with Gasteiger partial charge in [0, 0.05) is 23.7 Å². The second kappa shape index (κ2) is 6.53. The Labute approximate surface area is 115 Å². The number of rotatable bonds is 6. The van der Waals surface area contributed by atoms with E-state index >= 15 is 0 Å². The van der Waals surface area contributed by atoms with Crippen LogP contribution in [0.2, 0.25) is 0 Å². The first-order valence-corrected chi connectivity index (χ1v) is 6.93. The highest BCUT2D eigenvalue weighted by Gasteiger charge is 2.04. The molecule has 102 valence electrons. The highest BCUT2D eigenvalue weighted by Crippen LogP contribution is 2.23. The zero-order valence-corrected chi connectivity index (χ0v) is 11.9. The number of aromatic nitrogens is 1. The molecule has 1 heterocycles. The van der Waals surface area contributed by atoms with Crippen molar-refractivity contribution >= 4 is 10.9 Å². The lowest BCUT2D eigenvalue weighted by Gasteiger charge is -2.13. The Bertz CT molecular complexity index is 539. The molecule has 2 aromatic rings. The van der Waals surface area contributed by atoms with E-state index in [0.29, 0.717) is 12.6 Å². The molecule has 0 saturated carbocycles. The summed E-state index contributed by atoms with van der Waals surface area (Å²) in [7, 11) is 0. The molecular formula is C16H22N2O. The number of benzene rings is 1. The van der Waals surface area contributed by atoms with Gasteiger partial charge in [-0.1, -0.05) is 25.1 Å². The number of nitrogens with zero attached hydrogens (tertiary/aromatic N) is 1. The lowest BCUT2D eigenvalue weighted by atomic mass is 10.2. The average Bonchev–Trinajstić information content (AvgIpc) is 2.43. The van der Waals surface area contributed by atoms with Crippen LogP contribution >= 0.6 is 0 Å². The number of para-hydroxylation sites is 1. The van der Waals surface area contributed by atoms with E-state index in [-0.39, 0.29) is 0 Å². The highest BCUT2D eigenvalue weighted by atomic mass is 16.5. The van der Waals surface area contributed by atoms with Crippen molar-refractivity contribution in [1.29, 1.82) is 0 Å². The molecule has 3 nitrogen and oxygen atoms in total. The summed E-state index contributed by atoms with van der Waals surface area (Å²) in [6.45, 7) is 7.88. The first kappa shape index (κ1) is 13.8. The fourth-order valence-electron chi connectivity index (χ4n) is 1.94. The van der Waals surface area contributed by atoms with Crippen LogP contribution in [0, 0.1) is 6.92 Å². The van der Waals surface area contributed by atoms with Crippen molar-refractivity contribution in [1.82, 2.24) is 10.3 Å². The number of fused-ring (bicyclic) bond motifs is 1. The first-order chi connectivity index (χ1) is 9.20. The molecule has 0 saturated heterocycles. The summed E-state index contributed by atoms with van der Waals surface area (Å²) in [6, 6.07) is 10.7. The van der Waals surface area contributed by atoms with Crippen LogP contribution in [0.25, 0.3) is 10.9 Å². The zero-order chi connectivity index (χ0) is 13.7. The third kappa shape index (κ3) is 3.67. The summed E-state index contributed by atoms with van der Waals surface area (Å²) in [6.07, 6.45) is 1.13. The summed E-state index contributed by atoms with van der Waals surface area (Å²) in [5, 5.41) is 4.54. The second-order valence-corrected chi connectivity index (χ2v) is 4.89. The van der Waals surface area contributed by atoms with Crippen LogP contribution in [-0.2, 0) is 0 Å². The van der Waals surface area contributed by atoms with E-state index in [4.69, 9.17) is 4.74 Å². The van der Waals surface area contributed by atoms with Crippen molar-refractivity contribution in [2.75, 3.05) is 13.2 Å². The molecule has 1 N–H and O–H groups in total. The Morgan fingerprint density at radius 1 is 1.26 bits per heavy atom. The monoisotopic (exact) mass is 258 g/mol. The molecule has 1 unspecified atom stereocenters. The van der Waals surface area contributed by atoms with Gasteiger partial charge < -0.3 is 10.1 Å². The molecule has 0 aliphatic carbocycles. The molecule has 0 radical (unpaired) electrons. The number of hydrogen-bond donors (Lipinski definition) is 1. The van der Waals surface area contributed by atoms with E-state index in [9.17, 15) is 0 Å². The fourth-order valence-corrected chi connectivity index (χ4v) is 1.94. The van der Waals surface area contributed by atoms with Gasteiger partial charge >= 0.3 is 0 Å². The van der Waals surface area contributed by atoms with Crippen LogP contribution in [0.3, 0.4) is 0 Å². The maximum atomic E-state index is 5.84. The maximum absolute atomic E-state index is 5.84. The Morgan fingerprint density at radius 2 is 2.11 bits per heavy atom. The van der Waals surface area contributed by atoms with Gasteiger partial charge in [0.2, 0.25) is 0 Å². The van der Waals surface area contributed by atoms with Crippen LogP contribution in [0.5, 0.6) is 5.75 Å². The minimum absolute atomic E-state index is 0.538. The third-order valence-corrected chi connectivity index (χ3v) is 3.29. The smallest absolute Gasteiger partial charge is 0.145 e. The second-order valence-electron chi connectivity index (χ2n) is 4.89. The van der Waals surface area contributed by atoms with E-state index in [1.807, 2.05) is 25.1 Å². The first-order valence-electron chi connectivity index (χ1n) is 6.93. The summed E-state index contributed by atoms with van der Waals surface area (Å²) in [5.41, 5.74) is 1.97. The van der Waals surface area contributed by atoms with Gasteiger partial charge in [0.1, 0.15) is 17.9 Å². The number of aryl methyl sites for hydroxylation is 1. The minimum atomic E-state index is 0.538. The van der Waals surface area contributed by atoms with Crippen LogP contribution in [0.1, 0.15) is 26.0 Å². The lowest BCUT2D eigenvalue weighted by Crippen LogP contribution is -2.29. The van der Waals surface area contributed by atoms with Gasteiger partial charge in [-0.05, 0) is 32.4 Å². The molecule has 0 aliphatic heterocycles. The molecule has 0 aliphatic rings. The molecule has 1 aromatic heterocycles. The topological polar surface area (TPSA) is 34.1 Å². The molecule has 1 aromatic carbocycles. The maximum Gasteiger partial charge on any atom is 0.145 e. The van der Waals surface area contributed by atoms with Gasteiger partial charge in [-0.25, -0.2) is 4.98 Å². The number of pyridine rings is 1. The van der Waals surface area contributed by atoms with Crippen LogP contribution in [0.4, 0.5) is 0 Å². The van der Waals surface area contributed by atoms with Crippen molar-refractivity contribution in [2.24, 2.45) is 0 Å². The van der Waals surface area contributed by atoms with E-state index < -0.39 is 0 Å². The minimum Gasteiger partial charge on any atom is -0.490 e. The molecule has 0 amide bonds. The highest BCUT2D eigenvalue weighted by molar-refractivity contribution is 5.84. The largest absolute Gasteiger partial charge is 0.490 e. The quantitative estimate of drug-likeness (QED) is 0.807. The predicted octanol–water partition coefficient (Wildman–Crippen LogP) is 3.31. The van der Waals surface area contributed by atoms with Crippen molar-refractivity contribution in [3.8, 4) is 5.75 Å². The molecule has 0 bridgehead atoms. The lowest BCUT2D eigenvalue weighted by molar-refractivity contribution is 0.309. The predicted molar refractivity (Wildman–Crippen MR) is 79.7 cm³/mol. The van der Waals surface area contributed by atoms with Gasteiger partial charge in [0.05, 0.1) is 0 Å². The van der Waals surface area contributed by atoms with E-state index in [2.05, 4.69) is 36.3 Å². The van der Waals surface area contributed by atoms with E-state index in [0.717, 1.165) is 35.3 Å². The zero-order valence-electron chi connectivity index (χ0n) is 11.9. The third-order valence-electron chi connectivity index (χ3n) is 3.29. The van der Waals surface area contributed by atoms with Gasteiger partial charge in [0.15, 0.2) is 0 Å². The van der Waals surface area contributed by atoms with Crippen molar-refractivity contribution in [2.45, 2.75) is 33.2 Å². The molecule has 2 rings (SSSR count). The van der Waals surface area contributed by atoms with Crippen molar-refractivity contribution in [3.63, 3.8) is 0 Å². The molecular weight excluding hydrogens is 236 g/mol. The Balaban J connectivity index is 2.02. The van der Waals surface area contributed by atoms with Crippen LogP contribution in [0.15, 0.2) is 30.3 Å². The summed E-state index contributed by atoms with van der Waals surface area (Å²) >= 11 is 0. The van der Waals surface area contributed by atoms with Gasteiger partial charge in [-0.2, -0.15) is 0 Å². The van der Waals surface area contributed by atoms with Gasteiger partial charge in [0.25, 0.3) is 0 Å². The van der Waals surface area contributed by atoms with Crippen LogP contribution in [-0.4, -0.2) is 24.2 Å².